The van der Waals surface area contributed by atoms with Gasteiger partial charge in [0.25, 0.3) is 5.91 Å². The van der Waals surface area contributed by atoms with Crippen molar-refractivity contribution in [2.24, 2.45) is 0 Å². The Morgan fingerprint density at radius 2 is 2.00 bits per heavy atom. The molecule has 0 spiro atoms. The van der Waals surface area contributed by atoms with E-state index in [-0.39, 0.29) is 11.6 Å². The first kappa shape index (κ1) is 17.6. The van der Waals surface area contributed by atoms with Gasteiger partial charge in [0.05, 0.1) is 10.2 Å². The average molecular weight is 348 g/mol. The van der Waals surface area contributed by atoms with Gasteiger partial charge in [-0.05, 0) is 19.1 Å². The minimum atomic E-state index is -4.58. The number of halogens is 3. The van der Waals surface area contributed by atoms with Crippen LogP contribution in [0.3, 0.4) is 0 Å². The van der Waals surface area contributed by atoms with Crippen molar-refractivity contribution in [1.29, 1.82) is 0 Å². The maximum absolute atomic E-state index is 12.4. The van der Waals surface area contributed by atoms with Crippen LogP contribution in [0.15, 0.2) is 24.3 Å². The highest BCUT2D eigenvalue weighted by atomic mass is 32.1. The lowest BCUT2D eigenvalue weighted by Gasteiger charge is -2.26. The number of aromatic nitrogens is 1. The number of hydrogen-bond donors (Lipinski definition) is 2. The van der Waals surface area contributed by atoms with Crippen LogP contribution >= 0.6 is 11.3 Å². The van der Waals surface area contributed by atoms with Crippen LogP contribution in [0.4, 0.5) is 13.2 Å². The summed E-state index contributed by atoms with van der Waals surface area (Å²) in [5.41, 5.74) is 0.578. The molecule has 2 aromatic rings. The summed E-state index contributed by atoms with van der Waals surface area (Å²) < 4.78 is 38.0. The molecule has 0 aliphatic heterocycles. The Kier molecular flexibility index (Phi) is 5.23. The highest BCUT2D eigenvalue weighted by Gasteiger charge is 2.37. The predicted molar refractivity (Wildman–Crippen MR) is 78.9 cm³/mol. The molecule has 1 aromatic carbocycles. The van der Waals surface area contributed by atoms with Gasteiger partial charge in [0.1, 0.15) is 17.7 Å². The number of aliphatic hydroxyl groups is 2. The van der Waals surface area contributed by atoms with E-state index >= 15 is 0 Å². The molecule has 1 heterocycles. The fraction of sp³-hybridized carbons (Fsp3) is 0.429. The highest BCUT2D eigenvalue weighted by molar-refractivity contribution is 7.18. The third-order valence-corrected chi connectivity index (χ3v) is 4.29. The number of benzene rings is 1. The summed E-state index contributed by atoms with van der Waals surface area (Å²) >= 11 is 1.07. The molecule has 2 unspecified atom stereocenters. The summed E-state index contributed by atoms with van der Waals surface area (Å²) in [5, 5.41) is 20.1. The molecule has 9 heteroatoms. The Morgan fingerprint density at radius 1 is 1.35 bits per heavy atom. The van der Waals surface area contributed by atoms with Gasteiger partial charge in [0.15, 0.2) is 6.10 Å². The monoisotopic (exact) mass is 348 g/mol. The van der Waals surface area contributed by atoms with E-state index in [1.165, 1.54) is 6.92 Å². The molecule has 0 saturated carbocycles. The van der Waals surface area contributed by atoms with Gasteiger partial charge in [0, 0.05) is 6.54 Å². The third kappa shape index (κ3) is 4.18. The highest BCUT2D eigenvalue weighted by Crippen LogP contribution is 2.28. The minimum Gasteiger partial charge on any atom is -0.383 e. The number of nitrogens with zero attached hydrogens (tertiary/aromatic N) is 2. The molecule has 0 saturated heterocycles. The van der Waals surface area contributed by atoms with Gasteiger partial charge in [-0.25, -0.2) is 4.98 Å². The minimum absolute atomic E-state index is 0.0788. The van der Waals surface area contributed by atoms with E-state index in [1.54, 1.807) is 24.3 Å². The standard InChI is InChI=1S/C14H15F3N2O3S/c1-2-19(7-14(15,16)17)13(22)11(21)10(20)12-18-8-5-3-4-6-9(8)23-12/h3-6,10-11,20-21H,2,7H2,1H3. The number of amides is 1. The summed E-state index contributed by atoms with van der Waals surface area (Å²) in [7, 11) is 0. The molecular formula is C14H15F3N2O3S. The molecule has 0 fully saturated rings. The van der Waals surface area contributed by atoms with Crippen molar-refractivity contribution in [1.82, 2.24) is 9.88 Å². The molecule has 0 aliphatic carbocycles. The average Bonchev–Trinajstić information content (AvgIpc) is 2.93. The number of fused-ring (bicyclic) bond motifs is 1. The Labute approximate surface area is 134 Å². The molecular weight excluding hydrogens is 333 g/mol. The van der Waals surface area contributed by atoms with Crippen molar-refractivity contribution < 1.29 is 28.2 Å². The summed E-state index contributed by atoms with van der Waals surface area (Å²) in [5.74, 6) is -1.18. The van der Waals surface area contributed by atoms with Crippen molar-refractivity contribution in [2.75, 3.05) is 13.1 Å². The summed E-state index contributed by atoms with van der Waals surface area (Å²) in [6, 6.07) is 6.94. The number of aliphatic hydroxyl groups excluding tert-OH is 2. The zero-order valence-corrected chi connectivity index (χ0v) is 12.9. The Bertz CT molecular complexity index is 656. The predicted octanol–water partition coefficient (Wildman–Crippen LogP) is 2.10. The van der Waals surface area contributed by atoms with Gasteiger partial charge in [-0.2, -0.15) is 13.2 Å². The summed E-state index contributed by atoms with van der Waals surface area (Å²) in [6.07, 6.45) is -8.26. The van der Waals surface area contributed by atoms with Crippen LogP contribution in [-0.4, -0.2) is 51.4 Å². The Hall–Kier alpha value is -1.71. The van der Waals surface area contributed by atoms with Gasteiger partial charge in [0.2, 0.25) is 0 Å². The first-order valence-electron chi connectivity index (χ1n) is 6.80. The zero-order chi connectivity index (χ0) is 17.2. The molecule has 1 amide bonds. The quantitative estimate of drug-likeness (QED) is 0.868. The van der Waals surface area contributed by atoms with Gasteiger partial charge in [-0.3, -0.25) is 4.79 Å². The number of carbonyl (C=O) groups is 1. The van der Waals surface area contributed by atoms with E-state index in [4.69, 9.17) is 0 Å². The van der Waals surface area contributed by atoms with E-state index in [1.807, 2.05) is 0 Å². The van der Waals surface area contributed by atoms with E-state index in [0.717, 1.165) is 16.0 Å². The smallest absolute Gasteiger partial charge is 0.383 e. The van der Waals surface area contributed by atoms with Crippen molar-refractivity contribution in [2.45, 2.75) is 25.3 Å². The first-order chi connectivity index (χ1) is 10.7. The van der Waals surface area contributed by atoms with Crippen molar-refractivity contribution in [3.8, 4) is 0 Å². The van der Waals surface area contributed by atoms with Crippen molar-refractivity contribution in [3.63, 3.8) is 0 Å². The fourth-order valence-corrected chi connectivity index (χ4v) is 3.02. The number of para-hydroxylation sites is 1. The van der Waals surface area contributed by atoms with Gasteiger partial charge >= 0.3 is 6.18 Å². The summed E-state index contributed by atoms with van der Waals surface area (Å²) in [6.45, 7) is -0.353. The molecule has 1 aromatic heterocycles. The number of hydrogen-bond acceptors (Lipinski definition) is 5. The van der Waals surface area contributed by atoms with Crippen molar-refractivity contribution in [3.05, 3.63) is 29.3 Å². The molecule has 0 bridgehead atoms. The van der Waals surface area contributed by atoms with E-state index < -0.39 is 30.8 Å². The van der Waals surface area contributed by atoms with Gasteiger partial charge < -0.3 is 15.1 Å². The SMILES string of the molecule is CCN(CC(F)(F)F)C(=O)C(O)C(O)c1nc2ccccc2s1. The molecule has 126 valence electrons. The van der Waals surface area contributed by atoms with Crippen LogP contribution in [-0.2, 0) is 4.79 Å². The maximum atomic E-state index is 12.4. The number of carbonyl (C=O) groups excluding carboxylic acids is 1. The summed E-state index contributed by atoms with van der Waals surface area (Å²) in [4.78, 5) is 16.5. The van der Waals surface area contributed by atoms with Gasteiger partial charge in [-0.15, -0.1) is 11.3 Å². The van der Waals surface area contributed by atoms with Gasteiger partial charge in [-0.1, -0.05) is 12.1 Å². The topological polar surface area (TPSA) is 73.7 Å². The van der Waals surface area contributed by atoms with Crippen LogP contribution in [0, 0.1) is 0 Å². The molecule has 2 rings (SSSR count). The van der Waals surface area contributed by atoms with Crippen molar-refractivity contribution >= 4 is 27.5 Å². The largest absolute Gasteiger partial charge is 0.406 e. The van der Waals surface area contributed by atoms with Crippen LogP contribution in [0.2, 0.25) is 0 Å². The normalized spacial score (nSPS) is 14.7. The molecule has 2 N–H and O–H groups in total. The molecule has 2 atom stereocenters. The van der Waals surface area contributed by atoms with E-state index in [0.29, 0.717) is 10.4 Å². The lowest BCUT2D eigenvalue weighted by molar-refractivity contribution is -0.169. The Morgan fingerprint density at radius 3 is 2.57 bits per heavy atom. The number of thiazole rings is 1. The van der Waals surface area contributed by atoms with Crippen LogP contribution in [0.5, 0.6) is 0 Å². The molecule has 23 heavy (non-hydrogen) atoms. The number of alkyl halides is 3. The van der Waals surface area contributed by atoms with Crippen LogP contribution in [0.25, 0.3) is 10.2 Å². The second-order valence-electron chi connectivity index (χ2n) is 4.88. The third-order valence-electron chi connectivity index (χ3n) is 3.18. The second kappa shape index (κ2) is 6.81. The first-order valence-corrected chi connectivity index (χ1v) is 7.61. The fourth-order valence-electron chi connectivity index (χ4n) is 2.04. The number of rotatable bonds is 5. The number of likely N-dealkylation sites (N-methyl/N-ethyl adjacent to an activating group) is 1. The zero-order valence-electron chi connectivity index (χ0n) is 12.1. The van der Waals surface area contributed by atoms with E-state index in [9.17, 15) is 28.2 Å². The maximum Gasteiger partial charge on any atom is 0.406 e. The van der Waals surface area contributed by atoms with Crippen LogP contribution < -0.4 is 0 Å². The van der Waals surface area contributed by atoms with Crippen LogP contribution in [0.1, 0.15) is 18.0 Å². The lowest BCUT2D eigenvalue weighted by atomic mass is 10.2. The second-order valence-corrected chi connectivity index (χ2v) is 5.94. The molecule has 0 radical (unpaired) electrons. The Balaban J connectivity index is 2.17. The molecule has 5 nitrogen and oxygen atoms in total. The lowest BCUT2D eigenvalue weighted by Crippen LogP contribution is -2.46. The molecule has 0 aliphatic rings. The van der Waals surface area contributed by atoms with E-state index in [2.05, 4.69) is 4.98 Å².